The first kappa shape index (κ1) is 15.5. The van der Waals surface area contributed by atoms with Gasteiger partial charge in [-0.3, -0.25) is 4.79 Å². The number of halogens is 1. The summed E-state index contributed by atoms with van der Waals surface area (Å²) in [6.07, 6.45) is 0. The molecule has 0 atom stereocenters. The zero-order chi connectivity index (χ0) is 14.6. The van der Waals surface area contributed by atoms with E-state index in [-0.39, 0.29) is 23.5 Å². The van der Waals surface area contributed by atoms with Crippen LogP contribution in [0.15, 0.2) is 23.1 Å². The number of nitrogens with two attached hydrogens (primary N) is 1. The van der Waals surface area contributed by atoms with Crippen molar-refractivity contribution >= 4 is 15.9 Å². The van der Waals surface area contributed by atoms with Gasteiger partial charge in [0.05, 0.1) is 11.4 Å². The number of carbonyl (C=O) groups is 1. The predicted octanol–water partition coefficient (Wildman–Crippen LogP) is -0.349. The minimum Gasteiger partial charge on any atom is -0.358 e. The quantitative estimate of drug-likeness (QED) is 0.775. The number of hydrogen-bond acceptors (Lipinski definition) is 4. The monoisotopic (exact) mass is 289 g/mol. The minimum absolute atomic E-state index is 0.0914. The van der Waals surface area contributed by atoms with E-state index < -0.39 is 21.7 Å². The molecule has 0 radical (unpaired) electrons. The summed E-state index contributed by atoms with van der Waals surface area (Å²) < 4.78 is 38.9. The van der Waals surface area contributed by atoms with Crippen LogP contribution in [0.25, 0.3) is 0 Å². The molecule has 0 aliphatic heterocycles. The Hall–Kier alpha value is -1.51. The van der Waals surface area contributed by atoms with E-state index in [2.05, 4.69) is 5.32 Å². The molecule has 0 unspecified atom stereocenters. The lowest BCUT2D eigenvalue weighted by Crippen LogP contribution is -2.37. The Labute approximate surface area is 111 Å². The summed E-state index contributed by atoms with van der Waals surface area (Å²) in [7, 11) is -1.31. The number of carbonyl (C=O) groups excluding carboxylic acids is 1. The van der Waals surface area contributed by atoms with Crippen molar-refractivity contribution in [3.8, 4) is 0 Å². The van der Waals surface area contributed by atoms with Crippen molar-refractivity contribution in [2.75, 3.05) is 20.6 Å². The number of rotatable bonds is 5. The predicted molar refractivity (Wildman–Crippen MR) is 68.2 cm³/mol. The highest BCUT2D eigenvalue weighted by molar-refractivity contribution is 7.89. The Balaban J connectivity index is 3.20. The summed E-state index contributed by atoms with van der Waals surface area (Å²) in [5, 5.41) is 2.32. The van der Waals surface area contributed by atoms with Gasteiger partial charge in [0.25, 0.3) is 0 Å². The third-order valence-electron chi connectivity index (χ3n) is 2.61. The lowest BCUT2D eigenvalue weighted by atomic mass is 10.2. The van der Waals surface area contributed by atoms with Crippen LogP contribution in [0.2, 0.25) is 0 Å². The summed E-state index contributed by atoms with van der Waals surface area (Å²) >= 11 is 0. The molecule has 0 spiro atoms. The van der Waals surface area contributed by atoms with Gasteiger partial charge < -0.3 is 11.1 Å². The topological polar surface area (TPSA) is 92.5 Å². The van der Waals surface area contributed by atoms with E-state index in [0.29, 0.717) is 0 Å². The molecule has 0 aliphatic rings. The molecule has 19 heavy (non-hydrogen) atoms. The maximum Gasteiger partial charge on any atom is 0.243 e. The Bertz CT molecular complexity index is 575. The standard InChI is InChI=1S/C11H16FN3O3S/c1-14-11(16)7-15(2)19(17,18)10-5-3-4-9(12)8(10)6-13/h3-5H,6-7,13H2,1-2H3,(H,14,16). The lowest BCUT2D eigenvalue weighted by molar-refractivity contribution is -0.120. The summed E-state index contributed by atoms with van der Waals surface area (Å²) in [6.45, 7) is -0.589. The molecule has 0 saturated heterocycles. The molecule has 0 saturated carbocycles. The molecule has 0 heterocycles. The van der Waals surface area contributed by atoms with E-state index in [9.17, 15) is 17.6 Å². The van der Waals surface area contributed by atoms with E-state index in [1.807, 2.05) is 0 Å². The molecule has 0 fully saturated rings. The van der Waals surface area contributed by atoms with E-state index >= 15 is 0 Å². The molecule has 1 aromatic rings. The Kier molecular flexibility index (Phi) is 4.98. The second-order valence-electron chi connectivity index (χ2n) is 3.85. The molecule has 0 aliphatic carbocycles. The average Bonchev–Trinajstić information content (AvgIpc) is 2.37. The molecule has 1 amide bonds. The van der Waals surface area contributed by atoms with Crippen molar-refractivity contribution in [3.05, 3.63) is 29.6 Å². The summed E-state index contributed by atoms with van der Waals surface area (Å²) in [6, 6.07) is 3.69. The smallest absolute Gasteiger partial charge is 0.243 e. The molecule has 8 heteroatoms. The Morgan fingerprint density at radius 1 is 1.47 bits per heavy atom. The second-order valence-corrected chi connectivity index (χ2v) is 5.87. The Morgan fingerprint density at radius 2 is 2.11 bits per heavy atom. The molecular formula is C11H16FN3O3S. The van der Waals surface area contributed by atoms with Gasteiger partial charge >= 0.3 is 0 Å². The van der Waals surface area contributed by atoms with Gasteiger partial charge in [-0.05, 0) is 12.1 Å². The number of benzene rings is 1. The van der Waals surface area contributed by atoms with Crippen molar-refractivity contribution in [1.82, 2.24) is 9.62 Å². The van der Waals surface area contributed by atoms with Crippen LogP contribution < -0.4 is 11.1 Å². The molecule has 1 aromatic carbocycles. The fourth-order valence-electron chi connectivity index (χ4n) is 1.51. The fourth-order valence-corrected chi connectivity index (χ4v) is 2.88. The largest absolute Gasteiger partial charge is 0.358 e. The highest BCUT2D eigenvalue weighted by Crippen LogP contribution is 2.21. The molecule has 3 N–H and O–H groups in total. The summed E-state index contributed by atoms with van der Waals surface area (Å²) in [5.41, 5.74) is 5.28. The summed E-state index contributed by atoms with van der Waals surface area (Å²) in [5.74, 6) is -1.14. The van der Waals surface area contributed by atoms with Gasteiger partial charge in [0.1, 0.15) is 5.82 Å². The molecular weight excluding hydrogens is 273 g/mol. The fraction of sp³-hybridized carbons (Fsp3) is 0.364. The number of nitrogens with zero attached hydrogens (tertiary/aromatic N) is 1. The molecule has 0 bridgehead atoms. The van der Waals surface area contributed by atoms with Crippen LogP contribution in [0, 0.1) is 5.82 Å². The van der Waals surface area contributed by atoms with Gasteiger partial charge in [-0.25, -0.2) is 12.8 Å². The zero-order valence-corrected chi connectivity index (χ0v) is 11.5. The van der Waals surface area contributed by atoms with E-state index in [0.717, 1.165) is 10.4 Å². The SMILES string of the molecule is CNC(=O)CN(C)S(=O)(=O)c1cccc(F)c1CN. The van der Waals surface area contributed by atoms with E-state index in [1.165, 1.54) is 26.2 Å². The van der Waals surface area contributed by atoms with Gasteiger partial charge in [0.2, 0.25) is 15.9 Å². The first-order chi connectivity index (χ1) is 8.84. The van der Waals surface area contributed by atoms with Crippen LogP contribution in [0.4, 0.5) is 4.39 Å². The Morgan fingerprint density at radius 3 is 2.63 bits per heavy atom. The summed E-state index contributed by atoms with van der Waals surface area (Å²) in [4.78, 5) is 11.0. The minimum atomic E-state index is -3.96. The number of hydrogen-bond donors (Lipinski definition) is 2. The number of sulfonamides is 1. The number of amides is 1. The van der Waals surface area contributed by atoms with Gasteiger partial charge in [-0.15, -0.1) is 0 Å². The normalized spacial score (nSPS) is 11.6. The maximum atomic E-state index is 13.5. The first-order valence-corrected chi connectivity index (χ1v) is 6.93. The van der Waals surface area contributed by atoms with Gasteiger partial charge in [0.15, 0.2) is 0 Å². The lowest BCUT2D eigenvalue weighted by Gasteiger charge is -2.18. The van der Waals surface area contributed by atoms with Crippen LogP contribution in [0.1, 0.15) is 5.56 Å². The molecule has 6 nitrogen and oxygen atoms in total. The van der Waals surface area contributed by atoms with Crippen molar-refractivity contribution < 1.29 is 17.6 Å². The van der Waals surface area contributed by atoms with Crippen molar-refractivity contribution in [3.63, 3.8) is 0 Å². The molecule has 106 valence electrons. The van der Waals surface area contributed by atoms with Crippen molar-refractivity contribution in [2.45, 2.75) is 11.4 Å². The number of nitrogens with one attached hydrogen (secondary N) is 1. The van der Waals surface area contributed by atoms with Gasteiger partial charge in [-0.2, -0.15) is 4.31 Å². The van der Waals surface area contributed by atoms with Gasteiger partial charge in [-0.1, -0.05) is 6.07 Å². The maximum absolute atomic E-state index is 13.5. The average molecular weight is 289 g/mol. The molecule has 0 aromatic heterocycles. The molecule has 1 rings (SSSR count). The van der Waals surface area contributed by atoms with Crippen molar-refractivity contribution in [1.29, 1.82) is 0 Å². The zero-order valence-electron chi connectivity index (χ0n) is 10.7. The van der Waals surface area contributed by atoms with Crippen LogP contribution in [-0.4, -0.2) is 39.3 Å². The third kappa shape index (κ3) is 3.28. The third-order valence-corrected chi connectivity index (χ3v) is 4.50. The first-order valence-electron chi connectivity index (χ1n) is 5.49. The highest BCUT2D eigenvalue weighted by atomic mass is 32.2. The van der Waals surface area contributed by atoms with Crippen LogP contribution in [0.3, 0.4) is 0 Å². The van der Waals surface area contributed by atoms with Crippen LogP contribution in [-0.2, 0) is 21.4 Å². The van der Waals surface area contributed by atoms with E-state index in [1.54, 1.807) is 0 Å². The van der Waals surface area contributed by atoms with Crippen LogP contribution in [0.5, 0.6) is 0 Å². The van der Waals surface area contributed by atoms with Crippen LogP contribution >= 0.6 is 0 Å². The van der Waals surface area contributed by atoms with Crippen molar-refractivity contribution in [2.24, 2.45) is 5.73 Å². The number of likely N-dealkylation sites (N-methyl/N-ethyl adjacent to an activating group) is 2. The van der Waals surface area contributed by atoms with Gasteiger partial charge in [0, 0.05) is 26.2 Å². The van der Waals surface area contributed by atoms with E-state index in [4.69, 9.17) is 5.73 Å². The highest BCUT2D eigenvalue weighted by Gasteiger charge is 2.26. The second kappa shape index (κ2) is 6.09.